The second kappa shape index (κ2) is 4.33. The molecule has 2 N–H and O–H groups in total. The van der Waals surface area contributed by atoms with Gasteiger partial charge in [-0.3, -0.25) is 9.58 Å². The SMILES string of the molecule is CCN1CCN(c2nn(C)cc2N)CC1C. The lowest BCUT2D eigenvalue weighted by Crippen LogP contribution is -2.52. The lowest BCUT2D eigenvalue weighted by atomic mass is 10.2. The maximum Gasteiger partial charge on any atom is 0.173 e. The van der Waals surface area contributed by atoms with Crippen LogP contribution in [0.5, 0.6) is 0 Å². The largest absolute Gasteiger partial charge is 0.394 e. The zero-order chi connectivity index (χ0) is 11.7. The van der Waals surface area contributed by atoms with Gasteiger partial charge in [-0.2, -0.15) is 5.10 Å². The molecular weight excluding hydrogens is 202 g/mol. The minimum atomic E-state index is 0.570. The number of nitrogen functional groups attached to an aromatic ring is 1. The molecule has 5 nitrogen and oxygen atoms in total. The highest BCUT2D eigenvalue weighted by molar-refractivity contribution is 5.62. The highest BCUT2D eigenvalue weighted by Gasteiger charge is 2.24. The fourth-order valence-electron chi connectivity index (χ4n) is 2.40. The number of piperazine rings is 1. The normalized spacial score (nSPS) is 22.7. The van der Waals surface area contributed by atoms with Crippen LogP contribution in [0.25, 0.3) is 0 Å². The molecule has 2 heterocycles. The van der Waals surface area contributed by atoms with E-state index >= 15 is 0 Å². The van der Waals surface area contributed by atoms with Gasteiger partial charge in [-0.1, -0.05) is 6.92 Å². The van der Waals surface area contributed by atoms with Crippen LogP contribution in [0.15, 0.2) is 6.20 Å². The topological polar surface area (TPSA) is 50.3 Å². The van der Waals surface area contributed by atoms with E-state index in [2.05, 4.69) is 28.7 Å². The molecule has 1 fully saturated rings. The number of rotatable bonds is 2. The lowest BCUT2D eigenvalue weighted by molar-refractivity contribution is 0.199. The summed E-state index contributed by atoms with van der Waals surface area (Å²) < 4.78 is 1.78. The van der Waals surface area contributed by atoms with E-state index in [0.717, 1.165) is 37.7 Å². The summed E-state index contributed by atoms with van der Waals surface area (Å²) in [6, 6.07) is 0.570. The number of hydrogen-bond donors (Lipinski definition) is 1. The number of anilines is 2. The molecule has 0 bridgehead atoms. The van der Waals surface area contributed by atoms with Gasteiger partial charge in [-0.05, 0) is 13.5 Å². The molecule has 2 rings (SSSR count). The van der Waals surface area contributed by atoms with Gasteiger partial charge in [-0.25, -0.2) is 0 Å². The van der Waals surface area contributed by atoms with Gasteiger partial charge in [0.25, 0.3) is 0 Å². The van der Waals surface area contributed by atoms with E-state index in [1.165, 1.54) is 0 Å². The quantitative estimate of drug-likeness (QED) is 0.794. The van der Waals surface area contributed by atoms with Crippen LogP contribution in [0.1, 0.15) is 13.8 Å². The summed E-state index contributed by atoms with van der Waals surface area (Å²) >= 11 is 0. The van der Waals surface area contributed by atoms with Gasteiger partial charge < -0.3 is 10.6 Å². The third-order valence-electron chi connectivity index (χ3n) is 3.31. The van der Waals surface area contributed by atoms with E-state index in [4.69, 9.17) is 5.73 Å². The van der Waals surface area contributed by atoms with E-state index < -0.39 is 0 Å². The Kier molecular flexibility index (Phi) is 3.05. The first-order valence-electron chi connectivity index (χ1n) is 5.90. The van der Waals surface area contributed by atoms with Crippen LogP contribution >= 0.6 is 0 Å². The fraction of sp³-hybridized carbons (Fsp3) is 0.727. The molecule has 1 atom stereocenters. The van der Waals surface area contributed by atoms with Crippen molar-refractivity contribution in [2.45, 2.75) is 19.9 Å². The number of aryl methyl sites for hydroxylation is 1. The Morgan fingerprint density at radius 3 is 2.75 bits per heavy atom. The highest BCUT2D eigenvalue weighted by atomic mass is 15.4. The van der Waals surface area contributed by atoms with E-state index in [1.807, 2.05) is 13.2 Å². The summed E-state index contributed by atoms with van der Waals surface area (Å²) in [5.41, 5.74) is 6.72. The highest BCUT2D eigenvalue weighted by Crippen LogP contribution is 2.23. The Bertz CT molecular complexity index is 359. The van der Waals surface area contributed by atoms with Gasteiger partial charge in [0.15, 0.2) is 5.82 Å². The van der Waals surface area contributed by atoms with Crippen molar-refractivity contribution in [3.8, 4) is 0 Å². The molecule has 1 saturated heterocycles. The first-order chi connectivity index (χ1) is 7.61. The molecular formula is C11H21N5. The van der Waals surface area contributed by atoms with Crippen molar-refractivity contribution in [2.24, 2.45) is 7.05 Å². The van der Waals surface area contributed by atoms with Crippen LogP contribution in [0.2, 0.25) is 0 Å². The summed E-state index contributed by atoms with van der Waals surface area (Å²) in [7, 11) is 1.91. The monoisotopic (exact) mass is 223 g/mol. The zero-order valence-electron chi connectivity index (χ0n) is 10.3. The van der Waals surface area contributed by atoms with E-state index in [0.29, 0.717) is 6.04 Å². The molecule has 1 aromatic heterocycles. The van der Waals surface area contributed by atoms with Crippen molar-refractivity contribution < 1.29 is 0 Å². The van der Waals surface area contributed by atoms with Crippen molar-refractivity contribution in [3.63, 3.8) is 0 Å². The second-order valence-corrected chi connectivity index (χ2v) is 4.51. The molecule has 0 amide bonds. The van der Waals surface area contributed by atoms with Gasteiger partial charge in [0.05, 0.1) is 5.69 Å². The average molecular weight is 223 g/mol. The summed E-state index contributed by atoms with van der Waals surface area (Å²) in [4.78, 5) is 4.77. The summed E-state index contributed by atoms with van der Waals surface area (Å²) in [6.45, 7) is 8.70. The standard InChI is InChI=1S/C11H21N5/c1-4-15-5-6-16(7-9(15)2)11-10(12)8-14(3)13-11/h8-9H,4-7,12H2,1-3H3. The van der Waals surface area contributed by atoms with Gasteiger partial charge in [0.2, 0.25) is 0 Å². The predicted octanol–water partition coefficient (Wildman–Crippen LogP) is 0.533. The molecule has 1 aliphatic heterocycles. The van der Waals surface area contributed by atoms with Crippen LogP contribution in [-0.4, -0.2) is 46.9 Å². The Hall–Kier alpha value is -1.23. The van der Waals surface area contributed by atoms with Crippen molar-refractivity contribution in [1.82, 2.24) is 14.7 Å². The van der Waals surface area contributed by atoms with E-state index in [1.54, 1.807) is 4.68 Å². The average Bonchev–Trinajstić information content (AvgIpc) is 2.58. The molecule has 0 saturated carbocycles. The number of likely N-dealkylation sites (N-methyl/N-ethyl adjacent to an activating group) is 1. The maximum absolute atomic E-state index is 5.95. The molecule has 0 radical (unpaired) electrons. The van der Waals surface area contributed by atoms with Crippen LogP contribution in [0.4, 0.5) is 11.5 Å². The first kappa shape index (κ1) is 11.3. The van der Waals surface area contributed by atoms with Crippen LogP contribution in [0.3, 0.4) is 0 Å². The molecule has 0 aliphatic carbocycles. The molecule has 0 aromatic carbocycles. The predicted molar refractivity (Wildman–Crippen MR) is 66.5 cm³/mol. The number of nitrogens with zero attached hydrogens (tertiary/aromatic N) is 4. The van der Waals surface area contributed by atoms with Gasteiger partial charge in [0, 0.05) is 38.9 Å². The molecule has 90 valence electrons. The third-order valence-corrected chi connectivity index (χ3v) is 3.31. The maximum atomic E-state index is 5.95. The van der Waals surface area contributed by atoms with Crippen LogP contribution in [-0.2, 0) is 7.05 Å². The summed E-state index contributed by atoms with van der Waals surface area (Å²) in [6.07, 6.45) is 1.87. The Labute approximate surface area is 96.8 Å². The molecule has 1 unspecified atom stereocenters. The van der Waals surface area contributed by atoms with Crippen LogP contribution in [0, 0.1) is 0 Å². The third kappa shape index (κ3) is 2.00. The Morgan fingerprint density at radius 2 is 2.25 bits per heavy atom. The number of hydrogen-bond acceptors (Lipinski definition) is 4. The smallest absolute Gasteiger partial charge is 0.173 e. The number of nitrogens with two attached hydrogens (primary N) is 1. The van der Waals surface area contributed by atoms with Gasteiger partial charge in [0.1, 0.15) is 0 Å². The van der Waals surface area contributed by atoms with Gasteiger partial charge >= 0.3 is 0 Å². The number of aromatic nitrogens is 2. The minimum Gasteiger partial charge on any atom is -0.394 e. The Balaban J connectivity index is 2.10. The Morgan fingerprint density at radius 1 is 1.50 bits per heavy atom. The van der Waals surface area contributed by atoms with Crippen molar-refractivity contribution >= 4 is 11.5 Å². The minimum absolute atomic E-state index is 0.570. The van der Waals surface area contributed by atoms with Gasteiger partial charge in [-0.15, -0.1) is 0 Å². The summed E-state index contributed by atoms with van der Waals surface area (Å²) in [5.74, 6) is 0.935. The molecule has 5 heteroatoms. The zero-order valence-corrected chi connectivity index (χ0v) is 10.3. The lowest BCUT2D eigenvalue weighted by Gasteiger charge is -2.39. The van der Waals surface area contributed by atoms with Crippen LogP contribution < -0.4 is 10.6 Å². The first-order valence-corrected chi connectivity index (χ1v) is 5.90. The molecule has 1 aliphatic rings. The van der Waals surface area contributed by atoms with E-state index in [9.17, 15) is 0 Å². The molecule has 0 spiro atoms. The fourth-order valence-corrected chi connectivity index (χ4v) is 2.40. The van der Waals surface area contributed by atoms with Crippen molar-refractivity contribution in [1.29, 1.82) is 0 Å². The molecule has 1 aromatic rings. The summed E-state index contributed by atoms with van der Waals surface area (Å²) in [5, 5.41) is 4.42. The molecule has 16 heavy (non-hydrogen) atoms. The van der Waals surface area contributed by atoms with E-state index in [-0.39, 0.29) is 0 Å². The van der Waals surface area contributed by atoms with Crippen molar-refractivity contribution in [2.75, 3.05) is 36.8 Å². The van der Waals surface area contributed by atoms with Crippen molar-refractivity contribution in [3.05, 3.63) is 6.20 Å². The second-order valence-electron chi connectivity index (χ2n) is 4.51.